The van der Waals surface area contributed by atoms with Crippen molar-refractivity contribution in [3.63, 3.8) is 0 Å². The van der Waals surface area contributed by atoms with Crippen LogP contribution >= 0.6 is 11.6 Å². The van der Waals surface area contributed by atoms with E-state index in [0.29, 0.717) is 18.1 Å². The van der Waals surface area contributed by atoms with E-state index in [0.717, 1.165) is 17.7 Å². The van der Waals surface area contributed by atoms with Crippen LogP contribution in [0, 0.1) is 12.8 Å². The topological polar surface area (TPSA) is 67.4 Å². The van der Waals surface area contributed by atoms with Gasteiger partial charge in [0.05, 0.1) is 6.61 Å². The molecule has 0 spiro atoms. The Bertz CT molecular complexity index is 520. The van der Waals surface area contributed by atoms with Crippen molar-refractivity contribution < 1.29 is 14.3 Å². The fraction of sp³-hybridized carbons (Fsp3) is 0.500. The summed E-state index contributed by atoms with van der Waals surface area (Å²) in [4.78, 5) is 23.1. The predicted octanol–water partition coefficient (Wildman–Crippen LogP) is 3.00. The summed E-state index contributed by atoms with van der Waals surface area (Å²) in [5.74, 6) is 0.239. The third-order valence-corrected chi connectivity index (χ3v) is 3.56. The summed E-state index contributed by atoms with van der Waals surface area (Å²) in [7, 11) is 0. The summed E-state index contributed by atoms with van der Waals surface area (Å²) in [6, 6.07) is 5.40. The van der Waals surface area contributed by atoms with Crippen molar-refractivity contribution in [2.24, 2.45) is 5.92 Å². The predicted molar refractivity (Wildman–Crippen MR) is 86.7 cm³/mol. The molecule has 1 atom stereocenters. The van der Waals surface area contributed by atoms with E-state index in [1.54, 1.807) is 6.07 Å². The molecule has 1 unspecified atom stereocenters. The molecule has 1 aromatic rings. The van der Waals surface area contributed by atoms with Gasteiger partial charge in [-0.3, -0.25) is 20.4 Å². The molecule has 1 aromatic carbocycles. The van der Waals surface area contributed by atoms with Gasteiger partial charge in [0.1, 0.15) is 5.75 Å². The fourth-order valence-corrected chi connectivity index (χ4v) is 1.92. The minimum atomic E-state index is -0.229. The Labute approximate surface area is 136 Å². The summed E-state index contributed by atoms with van der Waals surface area (Å²) in [5.41, 5.74) is 5.77. The van der Waals surface area contributed by atoms with Gasteiger partial charge in [-0.05, 0) is 43.5 Å². The lowest BCUT2D eigenvalue weighted by atomic mass is 10.1. The van der Waals surface area contributed by atoms with Crippen LogP contribution in [-0.2, 0) is 9.59 Å². The lowest BCUT2D eigenvalue weighted by Gasteiger charge is -2.11. The molecule has 0 aliphatic carbocycles. The summed E-state index contributed by atoms with van der Waals surface area (Å²) < 4.78 is 5.60. The van der Waals surface area contributed by atoms with Crippen molar-refractivity contribution in [2.75, 3.05) is 6.61 Å². The second-order valence-corrected chi connectivity index (χ2v) is 5.64. The minimum absolute atomic E-state index is 0.114. The van der Waals surface area contributed by atoms with Crippen molar-refractivity contribution in [1.29, 1.82) is 0 Å². The first-order valence-electron chi connectivity index (χ1n) is 7.41. The van der Waals surface area contributed by atoms with Crippen molar-refractivity contribution in [2.45, 2.75) is 40.0 Å². The molecule has 0 radical (unpaired) electrons. The Hall–Kier alpha value is -1.75. The maximum Gasteiger partial charge on any atom is 0.241 e. The molecule has 0 aliphatic rings. The van der Waals surface area contributed by atoms with Gasteiger partial charge in [-0.25, -0.2) is 0 Å². The summed E-state index contributed by atoms with van der Waals surface area (Å²) in [5, 5.41) is 0.668. The zero-order chi connectivity index (χ0) is 16.5. The van der Waals surface area contributed by atoms with E-state index in [1.807, 2.05) is 32.9 Å². The number of hydrogen-bond donors (Lipinski definition) is 2. The van der Waals surface area contributed by atoms with Crippen LogP contribution in [0.2, 0.25) is 5.02 Å². The maximum atomic E-state index is 11.6. The van der Waals surface area contributed by atoms with Crippen molar-refractivity contribution in [1.82, 2.24) is 10.9 Å². The van der Waals surface area contributed by atoms with Crippen LogP contribution in [0.25, 0.3) is 0 Å². The number of ether oxygens (including phenoxy) is 1. The Morgan fingerprint density at radius 3 is 2.68 bits per heavy atom. The molecule has 0 bridgehead atoms. The van der Waals surface area contributed by atoms with Crippen LogP contribution in [0.15, 0.2) is 18.2 Å². The van der Waals surface area contributed by atoms with Crippen LogP contribution in [0.5, 0.6) is 5.75 Å². The van der Waals surface area contributed by atoms with Crippen molar-refractivity contribution in [3.8, 4) is 5.75 Å². The highest BCUT2D eigenvalue weighted by Crippen LogP contribution is 2.21. The van der Waals surface area contributed by atoms with E-state index in [9.17, 15) is 9.59 Å². The normalized spacial score (nSPS) is 11.6. The molecule has 0 saturated carbocycles. The molecule has 2 N–H and O–H groups in total. The van der Waals surface area contributed by atoms with Gasteiger partial charge in [-0.2, -0.15) is 0 Å². The SMILES string of the molecule is CCC(C)C(=O)NNC(=O)CCCOc1ccc(Cl)cc1C. The second kappa shape index (κ2) is 9.30. The minimum Gasteiger partial charge on any atom is -0.493 e. The van der Waals surface area contributed by atoms with E-state index >= 15 is 0 Å². The fourth-order valence-electron chi connectivity index (χ4n) is 1.69. The Morgan fingerprint density at radius 1 is 1.32 bits per heavy atom. The molecule has 6 heteroatoms. The number of hydrogen-bond acceptors (Lipinski definition) is 3. The van der Waals surface area contributed by atoms with Crippen LogP contribution in [0.4, 0.5) is 0 Å². The molecule has 0 fully saturated rings. The first-order valence-corrected chi connectivity index (χ1v) is 7.79. The quantitative estimate of drug-likeness (QED) is 0.598. The van der Waals surface area contributed by atoms with Gasteiger partial charge in [-0.1, -0.05) is 25.4 Å². The van der Waals surface area contributed by atoms with E-state index < -0.39 is 0 Å². The average Bonchev–Trinajstić information content (AvgIpc) is 2.49. The Kier molecular flexibility index (Phi) is 7.74. The monoisotopic (exact) mass is 326 g/mol. The number of amides is 2. The number of halogens is 1. The van der Waals surface area contributed by atoms with Gasteiger partial charge < -0.3 is 4.74 Å². The smallest absolute Gasteiger partial charge is 0.241 e. The molecule has 0 saturated heterocycles. The van der Waals surface area contributed by atoms with Gasteiger partial charge in [0, 0.05) is 17.4 Å². The molecular weight excluding hydrogens is 304 g/mol. The lowest BCUT2D eigenvalue weighted by Crippen LogP contribution is -2.43. The molecule has 5 nitrogen and oxygen atoms in total. The molecule has 22 heavy (non-hydrogen) atoms. The third-order valence-electron chi connectivity index (χ3n) is 3.33. The van der Waals surface area contributed by atoms with E-state index in [4.69, 9.17) is 16.3 Å². The molecule has 122 valence electrons. The number of nitrogens with one attached hydrogen (secondary N) is 2. The molecule has 0 aliphatic heterocycles. The van der Waals surface area contributed by atoms with Crippen LogP contribution < -0.4 is 15.6 Å². The van der Waals surface area contributed by atoms with Crippen LogP contribution in [-0.4, -0.2) is 18.4 Å². The van der Waals surface area contributed by atoms with Gasteiger partial charge in [0.15, 0.2) is 0 Å². The van der Waals surface area contributed by atoms with Crippen LogP contribution in [0.3, 0.4) is 0 Å². The van der Waals surface area contributed by atoms with Crippen LogP contribution in [0.1, 0.15) is 38.7 Å². The van der Waals surface area contributed by atoms with Gasteiger partial charge in [0.25, 0.3) is 0 Å². The first-order chi connectivity index (χ1) is 10.4. The Balaban J connectivity index is 2.21. The maximum absolute atomic E-state index is 11.6. The molecule has 2 amide bonds. The first kappa shape index (κ1) is 18.3. The zero-order valence-corrected chi connectivity index (χ0v) is 14.0. The number of carbonyl (C=O) groups is 2. The largest absolute Gasteiger partial charge is 0.493 e. The number of rotatable bonds is 7. The van der Waals surface area contributed by atoms with E-state index in [-0.39, 0.29) is 24.2 Å². The van der Waals surface area contributed by atoms with Gasteiger partial charge >= 0.3 is 0 Å². The highest BCUT2D eigenvalue weighted by atomic mass is 35.5. The second-order valence-electron chi connectivity index (χ2n) is 5.21. The number of hydrazine groups is 1. The zero-order valence-electron chi connectivity index (χ0n) is 13.2. The molecule has 0 aromatic heterocycles. The number of aryl methyl sites for hydroxylation is 1. The third kappa shape index (κ3) is 6.35. The lowest BCUT2D eigenvalue weighted by molar-refractivity contribution is -0.131. The summed E-state index contributed by atoms with van der Waals surface area (Å²) in [6.07, 6.45) is 1.58. The van der Waals surface area contributed by atoms with Crippen molar-refractivity contribution >= 4 is 23.4 Å². The molecule has 1 rings (SSSR count). The highest BCUT2D eigenvalue weighted by molar-refractivity contribution is 6.30. The molecule has 0 heterocycles. The average molecular weight is 327 g/mol. The Morgan fingerprint density at radius 2 is 2.05 bits per heavy atom. The van der Waals surface area contributed by atoms with Gasteiger partial charge in [0.2, 0.25) is 11.8 Å². The standard InChI is InChI=1S/C16H23ClN2O3/c1-4-11(2)16(21)19-18-15(20)6-5-9-22-14-8-7-13(17)10-12(14)3/h7-8,10-11H,4-6,9H2,1-3H3,(H,18,20)(H,19,21). The van der Waals surface area contributed by atoms with E-state index in [1.165, 1.54) is 0 Å². The highest BCUT2D eigenvalue weighted by Gasteiger charge is 2.11. The number of carbonyl (C=O) groups excluding carboxylic acids is 2. The molecular formula is C16H23ClN2O3. The number of benzene rings is 1. The van der Waals surface area contributed by atoms with E-state index in [2.05, 4.69) is 10.9 Å². The summed E-state index contributed by atoms with van der Waals surface area (Å²) in [6.45, 7) is 6.07. The van der Waals surface area contributed by atoms with Crippen molar-refractivity contribution in [3.05, 3.63) is 28.8 Å². The summed E-state index contributed by atoms with van der Waals surface area (Å²) >= 11 is 5.87. The van der Waals surface area contributed by atoms with Gasteiger partial charge in [-0.15, -0.1) is 0 Å².